The maximum absolute atomic E-state index is 12.3. The van der Waals surface area contributed by atoms with E-state index in [9.17, 15) is 23.4 Å². The highest BCUT2D eigenvalue weighted by Crippen LogP contribution is 2.28. The molecule has 0 spiro atoms. The number of nitrogens with zero attached hydrogens (tertiary/aromatic N) is 6. The number of carbonyl (C=O) groups excluding carboxylic acids is 1. The van der Waals surface area contributed by atoms with Crippen molar-refractivity contribution < 1.29 is 23.4 Å². The van der Waals surface area contributed by atoms with Crippen LogP contribution >= 0.6 is 0 Å². The van der Waals surface area contributed by atoms with Crippen molar-refractivity contribution >= 4 is 15.7 Å². The molecule has 31 heavy (non-hydrogen) atoms. The average Bonchev–Trinajstić information content (AvgIpc) is 3.30. The second-order valence-electron chi connectivity index (χ2n) is 8.04. The van der Waals surface area contributed by atoms with Crippen LogP contribution in [0, 0.1) is 5.92 Å². The fourth-order valence-corrected chi connectivity index (χ4v) is 5.27. The van der Waals surface area contributed by atoms with Crippen molar-refractivity contribution in [2.45, 2.75) is 37.8 Å². The zero-order chi connectivity index (χ0) is 22.0. The van der Waals surface area contributed by atoms with Crippen LogP contribution in [0.1, 0.15) is 22.5 Å². The summed E-state index contributed by atoms with van der Waals surface area (Å²) in [5.74, 6) is -0.434. The molecule has 12 nitrogen and oxygen atoms in total. The van der Waals surface area contributed by atoms with Gasteiger partial charge in [-0.2, -0.15) is 0 Å². The van der Waals surface area contributed by atoms with Gasteiger partial charge < -0.3 is 15.5 Å². The highest BCUT2D eigenvalue weighted by atomic mass is 32.2. The quantitative estimate of drug-likeness (QED) is 0.441. The monoisotopic (exact) mass is 451 g/mol. The van der Waals surface area contributed by atoms with E-state index in [0.717, 1.165) is 0 Å². The summed E-state index contributed by atoms with van der Waals surface area (Å²) in [5.41, 5.74) is 0.986. The molecule has 4 unspecified atom stereocenters. The van der Waals surface area contributed by atoms with Crippen molar-refractivity contribution in [3.8, 4) is 0 Å². The molecule has 4 atom stereocenters. The van der Waals surface area contributed by atoms with Crippen molar-refractivity contribution in [2.75, 3.05) is 24.6 Å². The second kappa shape index (κ2) is 8.94. The number of carbonyl (C=O) groups is 1. The Kier molecular flexibility index (Phi) is 6.27. The van der Waals surface area contributed by atoms with E-state index in [-0.39, 0.29) is 23.0 Å². The van der Waals surface area contributed by atoms with E-state index in [4.69, 9.17) is 0 Å². The predicted octanol–water partition coefficient (Wildman–Crippen LogP) is -2.16. The van der Waals surface area contributed by atoms with Gasteiger partial charge in [0.05, 0.1) is 34.9 Å². The lowest BCUT2D eigenvalue weighted by Crippen LogP contribution is -2.43. The zero-order valence-electron chi connectivity index (χ0n) is 16.8. The van der Waals surface area contributed by atoms with Gasteiger partial charge in [-0.25, -0.2) is 18.4 Å². The molecule has 2 aliphatic rings. The van der Waals surface area contributed by atoms with Crippen molar-refractivity contribution in [2.24, 2.45) is 5.92 Å². The molecule has 3 heterocycles. The van der Waals surface area contributed by atoms with E-state index in [2.05, 4.69) is 25.6 Å². The predicted molar refractivity (Wildman–Crippen MR) is 107 cm³/mol. The lowest BCUT2D eigenvalue weighted by Gasteiger charge is -2.25. The summed E-state index contributed by atoms with van der Waals surface area (Å²) in [7, 11) is -2.93. The van der Waals surface area contributed by atoms with E-state index >= 15 is 0 Å². The number of aliphatic hydroxyl groups is 2. The van der Waals surface area contributed by atoms with Gasteiger partial charge in [0, 0.05) is 50.7 Å². The number of hydrogen-bond donors (Lipinski definition) is 3. The molecule has 1 amide bonds. The topological polar surface area (TPSA) is 163 Å². The molecule has 3 N–H and O–H groups in total. The Labute approximate surface area is 179 Å². The number of sulfone groups is 1. The van der Waals surface area contributed by atoms with Crippen LogP contribution in [0.5, 0.6) is 0 Å². The molecule has 0 radical (unpaired) electrons. The number of nitrogens with one attached hydrogen (secondary N) is 1. The molecular weight excluding hydrogens is 426 g/mol. The van der Waals surface area contributed by atoms with Crippen molar-refractivity contribution in [1.29, 1.82) is 0 Å². The Balaban J connectivity index is 1.32. The molecule has 2 fully saturated rings. The summed E-state index contributed by atoms with van der Waals surface area (Å²) in [6.07, 6.45) is 4.10. The molecule has 168 valence electrons. The first kappa shape index (κ1) is 21.7. The number of aliphatic hydroxyl groups excluding tert-OH is 2. The Hall–Kier alpha value is -2.48. The van der Waals surface area contributed by atoms with E-state index in [1.807, 2.05) is 4.90 Å². The van der Waals surface area contributed by atoms with Gasteiger partial charge in [-0.05, 0) is 6.42 Å². The van der Waals surface area contributed by atoms with Gasteiger partial charge >= 0.3 is 0 Å². The van der Waals surface area contributed by atoms with Gasteiger partial charge in [-0.1, -0.05) is 5.21 Å². The molecule has 0 aromatic carbocycles. The lowest BCUT2D eigenvalue weighted by atomic mass is 10.1. The fraction of sp³-hybridized carbons (Fsp3) is 0.611. The third kappa shape index (κ3) is 5.23. The first-order valence-corrected chi connectivity index (χ1v) is 11.9. The average molecular weight is 452 g/mol. The van der Waals surface area contributed by atoms with Crippen LogP contribution in [0.2, 0.25) is 0 Å². The standard InChI is InChI=1S/C18H25N7O5S/c26-16-12(5-15(17(16)27)21-18(28)13-6-19-11-20-7-13)8-25-10-14(22-23-25)9-24-1-3-31(29,30)4-2-24/h6-7,10-12,15-17,26-27H,1-5,8-9H2,(H,21,28). The van der Waals surface area contributed by atoms with Crippen molar-refractivity contribution in [3.63, 3.8) is 0 Å². The van der Waals surface area contributed by atoms with Gasteiger partial charge in [-0.15, -0.1) is 5.10 Å². The number of amides is 1. The van der Waals surface area contributed by atoms with Gasteiger partial charge in [0.15, 0.2) is 9.84 Å². The van der Waals surface area contributed by atoms with Gasteiger partial charge in [0.25, 0.3) is 5.91 Å². The van der Waals surface area contributed by atoms with Gasteiger partial charge in [0.2, 0.25) is 0 Å². The van der Waals surface area contributed by atoms with Crippen LogP contribution in [-0.4, -0.2) is 97.2 Å². The molecule has 4 rings (SSSR count). The molecule has 1 saturated carbocycles. The highest BCUT2D eigenvalue weighted by Gasteiger charge is 2.42. The zero-order valence-corrected chi connectivity index (χ0v) is 17.6. The largest absolute Gasteiger partial charge is 0.390 e. The normalized spacial score (nSPS) is 28.5. The maximum Gasteiger partial charge on any atom is 0.254 e. The molecule has 2 aromatic heterocycles. The van der Waals surface area contributed by atoms with Crippen molar-refractivity contribution in [3.05, 3.63) is 36.2 Å². The van der Waals surface area contributed by atoms with Gasteiger partial charge in [-0.3, -0.25) is 14.4 Å². The third-order valence-electron chi connectivity index (χ3n) is 5.77. The molecular formula is C18H25N7O5S. The Bertz CT molecular complexity index is 1000. The summed E-state index contributed by atoms with van der Waals surface area (Å²) < 4.78 is 24.7. The van der Waals surface area contributed by atoms with E-state index in [1.165, 1.54) is 18.7 Å². The lowest BCUT2D eigenvalue weighted by molar-refractivity contribution is 0.00761. The second-order valence-corrected chi connectivity index (χ2v) is 10.3. The Morgan fingerprint density at radius 3 is 2.58 bits per heavy atom. The summed E-state index contributed by atoms with van der Waals surface area (Å²) >= 11 is 0. The van der Waals surface area contributed by atoms with Crippen LogP contribution in [0.3, 0.4) is 0 Å². The van der Waals surface area contributed by atoms with Gasteiger partial charge in [0.1, 0.15) is 12.4 Å². The summed E-state index contributed by atoms with van der Waals surface area (Å²) in [4.78, 5) is 21.9. The first-order chi connectivity index (χ1) is 14.8. The van der Waals surface area contributed by atoms with Crippen LogP contribution in [0.25, 0.3) is 0 Å². The van der Waals surface area contributed by atoms with E-state index in [0.29, 0.717) is 38.3 Å². The molecule has 13 heteroatoms. The third-order valence-corrected chi connectivity index (χ3v) is 7.38. The van der Waals surface area contributed by atoms with Crippen LogP contribution < -0.4 is 5.32 Å². The van der Waals surface area contributed by atoms with Crippen LogP contribution in [0.4, 0.5) is 0 Å². The minimum absolute atomic E-state index is 0.148. The first-order valence-electron chi connectivity index (χ1n) is 10.0. The minimum atomic E-state index is -2.93. The van der Waals surface area contributed by atoms with Crippen LogP contribution in [0.15, 0.2) is 24.9 Å². The summed E-state index contributed by atoms with van der Waals surface area (Å²) in [5, 5.41) is 31.8. The molecule has 1 aliphatic heterocycles. The number of rotatable bonds is 6. The fourth-order valence-electron chi connectivity index (χ4n) is 3.99. The minimum Gasteiger partial charge on any atom is -0.390 e. The Morgan fingerprint density at radius 1 is 1.16 bits per heavy atom. The Morgan fingerprint density at radius 2 is 1.87 bits per heavy atom. The number of aromatic nitrogens is 5. The van der Waals surface area contributed by atoms with Crippen LogP contribution in [-0.2, 0) is 22.9 Å². The summed E-state index contributed by atoms with van der Waals surface area (Å²) in [6.45, 7) is 1.77. The number of hydrogen-bond acceptors (Lipinski definition) is 10. The SMILES string of the molecule is O=C(NC1CC(Cn2cc(CN3CCS(=O)(=O)CC3)nn2)C(O)C1O)c1cncnc1. The molecule has 1 saturated heterocycles. The molecule has 2 aromatic rings. The summed E-state index contributed by atoms with van der Waals surface area (Å²) in [6, 6.07) is -0.606. The molecule has 0 bridgehead atoms. The van der Waals surface area contributed by atoms with E-state index < -0.39 is 34.0 Å². The molecule has 1 aliphatic carbocycles. The van der Waals surface area contributed by atoms with E-state index in [1.54, 1.807) is 10.9 Å². The maximum atomic E-state index is 12.3. The highest BCUT2D eigenvalue weighted by molar-refractivity contribution is 7.91. The van der Waals surface area contributed by atoms with Crippen molar-refractivity contribution in [1.82, 2.24) is 35.2 Å². The smallest absolute Gasteiger partial charge is 0.254 e.